The smallest absolute Gasteiger partial charge is 0.322 e. The Labute approximate surface area is 217 Å². The fourth-order valence-corrected chi connectivity index (χ4v) is 5.19. The van der Waals surface area contributed by atoms with Gasteiger partial charge in [-0.3, -0.25) is 9.59 Å². The largest absolute Gasteiger partial charge is 0.480 e. The van der Waals surface area contributed by atoms with E-state index in [1.807, 2.05) is 19.9 Å². The molecule has 0 aromatic heterocycles. The topological polar surface area (TPSA) is 86.6 Å². The first-order chi connectivity index (χ1) is 16.6. The van der Waals surface area contributed by atoms with Crippen molar-refractivity contribution in [2.24, 2.45) is 11.3 Å². The second-order valence-electron chi connectivity index (χ2n) is 11.5. The lowest BCUT2D eigenvalue weighted by atomic mass is 9.68. The summed E-state index contributed by atoms with van der Waals surface area (Å²) in [5, 5.41) is 22.5. The van der Waals surface area contributed by atoms with E-state index in [0.717, 1.165) is 30.4 Å². The van der Waals surface area contributed by atoms with Gasteiger partial charge in [0.15, 0.2) is 0 Å². The molecule has 0 saturated heterocycles. The van der Waals surface area contributed by atoms with Gasteiger partial charge >= 0.3 is 5.97 Å². The molecular weight excluding hydrogens is 450 g/mol. The molecule has 0 saturated carbocycles. The number of rotatable bonds is 10. The van der Waals surface area contributed by atoms with Crippen LogP contribution in [-0.2, 0) is 16.6 Å². The number of hydrogen-bond acceptors (Lipinski definition) is 3. The summed E-state index contributed by atoms with van der Waals surface area (Å²) in [5.41, 5.74) is 4.98. The highest BCUT2D eigenvalue weighted by Gasteiger charge is 2.40. The Bertz CT molecular complexity index is 1090. The molecule has 2 atom stereocenters. The molecule has 2 aromatic rings. The third-order valence-corrected chi connectivity index (χ3v) is 8.53. The van der Waals surface area contributed by atoms with Gasteiger partial charge in [0.05, 0.1) is 5.60 Å². The lowest BCUT2D eigenvalue weighted by molar-refractivity contribution is -0.135. The summed E-state index contributed by atoms with van der Waals surface area (Å²) in [6.45, 7) is 18.3. The monoisotopic (exact) mass is 495 g/mol. The summed E-state index contributed by atoms with van der Waals surface area (Å²) < 4.78 is 0. The predicted octanol–water partition coefficient (Wildman–Crippen LogP) is 6.20. The molecule has 0 heterocycles. The van der Waals surface area contributed by atoms with Crippen molar-refractivity contribution in [2.45, 2.75) is 92.6 Å². The van der Waals surface area contributed by atoms with E-state index in [9.17, 15) is 14.7 Å². The number of hydrogen-bond donors (Lipinski definition) is 3. The van der Waals surface area contributed by atoms with Gasteiger partial charge in [0.25, 0.3) is 5.91 Å². The van der Waals surface area contributed by atoms with Gasteiger partial charge in [-0.25, -0.2) is 0 Å². The maximum absolute atomic E-state index is 12.5. The van der Waals surface area contributed by atoms with Gasteiger partial charge in [-0.1, -0.05) is 71.9 Å². The summed E-state index contributed by atoms with van der Waals surface area (Å²) in [4.78, 5) is 23.3. The summed E-state index contributed by atoms with van der Waals surface area (Å²) in [7, 11) is 0. The van der Waals surface area contributed by atoms with Gasteiger partial charge < -0.3 is 15.5 Å². The molecule has 2 aromatic carbocycles. The average Bonchev–Trinajstić information content (AvgIpc) is 2.79. The van der Waals surface area contributed by atoms with Gasteiger partial charge in [0.2, 0.25) is 0 Å². The average molecular weight is 496 g/mol. The minimum atomic E-state index is -1.07. The molecule has 0 spiro atoms. The van der Waals surface area contributed by atoms with Crippen LogP contribution in [-0.4, -0.2) is 34.2 Å². The number of benzene rings is 2. The molecule has 3 N–H and O–H groups in total. The van der Waals surface area contributed by atoms with E-state index in [1.165, 1.54) is 16.7 Å². The SMILES string of the molecule is CCC(CC)(c1ccc(CC(C)C(C)(O)C(C)(C)C)c(C)c1)c1ccc(C(=O)NCC(=O)O)c(C)c1. The summed E-state index contributed by atoms with van der Waals surface area (Å²) in [6, 6.07) is 12.6. The third-order valence-electron chi connectivity index (χ3n) is 8.53. The first-order valence-electron chi connectivity index (χ1n) is 13.0. The van der Waals surface area contributed by atoms with E-state index in [4.69, 9.17) is 5.11 Å². The first kappa shape index (κ1) is 29.6. The number of aliphatic carboxylic acids is 1. The molecule has 1 amide bonds. The number of carboxylic acids is 1. The minimum absolute atomic E-state index is 0.103. The minimum Gasteiger partial charge on any atom is -0.480 e. The van der Waals surface area contributed by atoms with Crippen molar-refractivity contribution in [3.05, 3.63) is 69.8 Å². The lowest BCUT2D eigenvalue weighted by Gasteiger charge is -2.42. The normalized spacial score (nSPS) is 14.7. The second kappa shape index (κ2) is 11.2. The van der Waals surface area contributed by atoms with Gasteiger partial charge in [-0.2, -0.15) is 0 Å². The van der Waals surface area contributed by atoms with Gasteiger partial charge in [-0.15, -0.1) is 0 Å². The molecule has 0 aliphatic carbocycles. The molecule has 0 aliphatic rings. The molecule has 0 bridgehead atoms. The lowest BCUT2D eigenvalue weighted by Crippen LogP contribution is -2.46. The molecular formula is C31H45NO4. The highest BCUT2D eigenvalue weighted by atomic mass is 16.4. The van der Waals surface area contributed by atoms with E-state index in [1.54, 1.807) is 6.07 Å². The molecule has 0 radical (unpaired) electrons. The Balaban J connectivity index is 2.41. The number of nitrogens with one attached hydrogen (secondary N) is 1. The van der Waals surface area contributed by atoms with Crippen LogP contribution in [0.3, 0.4) is 0 Å². The van der Waals surface area contributed by atoms with Gasteiger partial charge in [0, 0.05) is 11.0 Å². The highest BCUT2D eigenvalue weighted by molar-refractivity contribution is 5.97. The number of aryl methyl sites for hydroxylation is 2. The standard InChI is InChI=1S/C31H45NO4/c1-10-31(11-2,25-14-15-26(21(4)17-25)28(35)32-19-27(33)34)24-13-12-23(20(3)16-24)18-22(5)30(9,36)29(6,7)8/h12-17,22,36H,10-11,18-19H2,1-9H3,(H,32,35)(H,33,34). The maximum Gasteiger partial charge on any atom is 0.322 e. The van der Waals surface area contributed by atoms with E-state index in [-0.39, 0.29) is 22.7 Å². The summed E-state index contributed by atoms with van der Waals surface area (Å²) >= 11 is 0. The number of amides is 1. The van der Waals surface area contributed by atoms with Crippen molar-refractivity contribution >= 4 is 11.9 Å². The van der Waals surface area contributed by atoms with E-state index in [2.05, 4.69) is 78.0 Å². The maximum atomic E-state index is 12.5. The van der Waals surface area contributed by atoms with Crippen molar-refractivity contribution in [3.8, 4) is 0 Å². The fourth-order valence-electron chi connectivity index (χ4n) is 5.19. The van der Waals surface area contributed by atoms with Crippen molar-refractivity contribution in [2.75, 3.05) is 6.54 Å². The molecule has 2 rings (SSSR count). The zero-order valence-corrected chi connectivity index (χ0v) is 23.6. The van der Waals surface area contributed by atoms with Crippen LogP contribution < -0.4 is 5.32 Å². The van der Waals surface area contributed by atoms with Crippen LogP contribution in [0.4, 0.5) is 0 Å². The van der Waals surface area contributed by atoms with Crippen LogP contribution in [0.2, 0.25) is 0 Å². The molecule has 36 heavy (non-hydrogen) atoms. The Morgan fingerprint density at radius 2 is 1.44 bits per heavy atom. The van der Waals surface area contributed by atoms with Crippen LogP contribution in [0.25, 0.3) is 0 Å². The van der Waals surface area contributed by atoms with Crippen LogP contribution >= 0.6 is 0 Å². The van der Waals surface area contributed by atoms with Crippen molar-refractivity contribution < 1.29 is 19.8 Å². The second-order valence-corrected chi connectivity index (χ2v) is 11.5. The van der Waals surface area contributed by atoms with Crippen molar-refractivity contribution in [1.29, 1.82) is 0 Å². The number of carboxylic acid groups (broad SMARTS) is 1. The predicted molar refractivity (Wildman–Crippen MR) is 147 cm³/mol. The Hall–Kier alpha value is -2.66. The van der Waals surface area contributed by atoms with Crippen molar-refractivity contribution in [1.82, 2.24) is 5.32 Å². The molecule has 198 valence electrons. The van der Waals surface area contributed by atoms with Crippen LogP contribution in [0.5, 0.6) is 0 Å². The number of carbonyl (C=O) groups excluding carboxylic acids is 1. The Morgan fingerprint density at radius 1 is 0.917 bits per heavy atom. The Morgan fingerprint density at radius 3 is 1.89 bits per heavy atom. The first-order valence-corrected chi connectivity index (χ1v) is 13.0. The molecule has 0 aliphatic heterocycles. The highest BCUT2D eigenvalue weighted by Crippen LogP contribution is 2.41. The van der Waals surface area contributed by atoms with Crippen LogP contribution in [0.15, 0.2) is 36.4 Å². The summed E-state index contributed by atoms with van der Waals surface area (Å²) in [5.74, 6) is -1.34. The molecule has 0 fully saturated rings. The van der Waals surface area contributed by atoms with E-state index in [0.29, 0.717) is 5.56 Å². The van der Waals surface area contributed by atoms with Crippen LogP contribution in [0, 0.1) is 25.2 Å². The van der Waals surface area contributed by atoms with E-state index >= 15 is 0 Å². The quantitative estimate of drug-likeness (QED) is 0.366. The summed E-state index contributed by atoms with van der Waals surface area (Å²) in [6.07, 6.45) is 2.61. The van der Waals surface area contributed by atoms with Gasteiger partial charge in [-0.05, 0) is 85.3 Å². The van der Waals surface area contributed by atoms with Crippen molar-refractivity contribution in [3.63, 3.8) is 0 Å². The zero-order valence-electron chi connectivity index (χ0n) is 23.6. The molecule has 5 heteroatoms. The fraction of sp³-hybridized carbons (Fsp3) is 0.548. The Kier molecular flexibility index (Phi) is 9.17. The molecule has 2 unspecified atom stereocenters. The molecule has 5 nitrogen and oxygen atoms in total. The van der Waals surface area contributed by atoms with Crippen LogP contribution in [0.1, 0.15) is 99.5 Å². The zero-order chi connectivity index (χ0) is 27.5. The van der Waals surface area contributed by atoms with E-state index < -0.39 is 18.1 Å². The van der Waals surface area contributed by atoms with Gasteiger partial charge in [0.1, 0.15) is 6.54 Å². The number of aliphatic hydroxyl groups is 1. The number of carbonyl (C=O) groups is 2. The third kappa shape index (κ3) is 6.00.